The van der Waals surface area contributed by atoms with E-state index >= 15 is 0 Å². The summed E-state index contributed by atoms with van der Waals surface area (Å²) in [6.45, 7) is 2.06. The van der Waals surface area contributed by atoms with Crippen molar-refractivity contribution in [3.8, 4) is 5.75 Å². The van der Waals surface area contributed by atoms with Crippen LogP contribution < -0.4 is 10.5 Å². The summed E-state index contributed by atoms with van der Waals surface area (Å²) in [6, 6.07) is 5.29. The van der Waals surface area contributed by atoms with Gasteiger partial charge in [0.1, 0.15) is 5.75 Å². The smallest absolute Gasteiger partial charge is 0.255 e. The van der Waals surface area contributed by atoms with Crippen LogP contribution in [0.25, 0.3) is 0 Å². The second-order valence-electron chi connectivity index (χ2n) is 4.72. The molecule has 2 amide bonds. The number of halogens is 2. The number of nitrogens with two attached hydrogens (primary N) is 1. The van der Waals surface area contributed by atoms with Crippen molar-refractivity contribution in [2.24, 2.45) is 5.73 Å². The second-order valence-corrected chi connectivity index (χ2v) is 5.58. The predicted molar refractivity (Wildman–Crippen MR) is 89.5 cm³/mol. The van der Waals surface area contributed by atoms with E-state index in [9.17, 15) is 9.59 Å². The zero-order valence-electron chi connectivity index (χ0n) is 12.3. The summed E-state index contributed by atoms with van der Waals surface area (Å²) in [5.41, 5.74) is 5.91. The molecule has 22 heavy (non-hydrogen) atoms. The number of piperazine rings is 1. The quantitative estimate of drug-likeness (QED) is 0.836. The first-order valence-electron chi connectivity index (χ1n) is 6.67. The summed E-state index contributed by atoms with van der Waals surface area (Å²) in [4.78, 5) is 27.5. The van der Waals surface area contributed by atoms with Gasteiger partial charge in [0.15, 0.2) is 0 Å². The first kappa shape index (κ1) is 18.7. The van der Waals surface area contributed by atoms with Crippen molar-refractivity contribution in [2.45, 2.75) is 0 Å². The number of amides is 2. The minimum atomic E-state index is -0.0790. The van der Waals surface area contributed by atoms with E-state index in [1.165, 1.54) is 0 Å². The highest BCUT2D eigenvalue weighted by Gasteiger charge is 2.25. The van der Waals surface area contributed by atoms with E-state index in [1.54, 1.807) is 35.1 Å². The van der Waals surface area contributed by atoms with Gasteiger partial charge in [-0.1, -0.05) is 0 Å². The average molecular weight is 393 g/mol. The SMILES string of the molecule is COc1ccc(Br)c(C(=O)N2CCN(C(=O)CN)CC2)c1.Cl. The molecule has 0 unspecified atom stereocenters. The van der Waals surface area contributed by atoms with E-state index in [-0.39, 0.29) is 30.8 Å². The number of methoxy groups -OCH3 is 1. The Morgan fingerprint density at radius 3 is 2.36 bits per heavy atom. The normalized spacial score (nSPS) is 14.3. The van der Waals surface area contributed by atoms with Crippen molar-refractivity contribution in [3.05, 3.63) is 28.2 Å². The molecule has 1 fully saturated rings. The zero-order chi connectivity index (χ0) is 15.4. The molecular formula is C14H19BrClN3O3. The Labute approximate surface area is 144 Å². The largest absolute Gasteiger partial charge is 0.497 e. The van der Waals surface area contributed by atoms with Crippen molar-refractivity contribution in [3.63, 3.8) is 0 Å². The number of rotatable bonds is 3. The molecular weight excluding hydrogens is 374 g/mol. The molecule has 0 aromatic heterocycles. The van der Waals surface area contributed by atoms with Gasteiger partial charge in [0.2, 0.25) is 5.91 Å². The van der Waals surface area contributed by atoms with Gasteiger partial charge in [-0.05, 0) is 34.1 Å². The van der Waals surface area contributed by atoms with Crippen LogP contribution in [-0.4, -0.2) is 61.4 Å². The molecule has 1 saturated heterocycles. The Balaban J connectivity index is 0.00000242. The number of carbonyl (C=O) groups is 2. The molecule has 8 heteroatoms. The van der Waals surface area contributed by atoms with Crippen molar-refractivity contribution in [1.29, 1.82) is 0 Å². The molecule has 2 N–H and O–H groups in total. The average Bonchev–Trinajstić information content (AvgIpc) is 2.54. The summed E-state index contributed by atoms with van der Waals surface area (Å²) >= 11 is 3.39. The molecule has 0 bridgehead atoms. The molecule has 1 aliphatic heterocycles. The lowest BCUT2D eigenvalue weighted by atomic mass is 10.1. The van der Waals surface area contributed by atoms with Gasteiger partial charge in [0.05, 0.1) is 19.2 Å². The zero-order valence-corrected chi connectivity index (χ0v) is 14.7. The molecule has 1 aromatic carbocycles. The van der Waals surface area contributed by atoms with Crippen LogP contribution in [0.5, 0.6) is 5.75 Å². The van der Waals surface area contributed by atoms with E-state index in [1.807, 2.05) is 0 Å². The van der Waals surface area contributed by atoms with E-state index in [4.69, 9.17) is 10.5 Å². The monoisotopic (exact) mass is 391 g/mol. The molecule has 0 aliphatic carbocycles. The minimum Gasteiger partial charge on any atom is -0.497 e. The lowest BCUT2D eigenvalue weighted by molar-refractivity contribution is -0.131. The standard InChI is InChI=1S/C14H18BrN3O3.ClH/c1-21-10-2-3-12(15)11(8-10)14(20)18-6-4-17(5-7-18)13(19)9-16;/h2-3,8H,4-7,9,16H2,1H3;1H. The Kier molecular flexibility index (Phi) is 7.12. The highest BCUT2D eigenvalue weighted by molar-refractivity contribution is 9.10. The summed E-state index contributed by atoms with van der Waals surface area (Å²) in [5.74, 6) is 0.490. The number of hydrogen-bond acceptors (Lipinski definition) is 4. The van der Waals surface area contributed by atoms with Gasteiger partial charge >= 0.3 is 0 Å². The maximum Gasteiger partial charge on any atom is 0.255 e. The van der Waals surface area contributed by atoms with Crippen LogP contribution >= 0.6 is 28.3 Å². The maximum absolute atomic E-state index is 12.5. The third-order valence-electron chi connectivity index (χ3n) is 3.50. The summed E-state index contributed by atoms with van der Waals surface area (Å²) in [5, 5.41) is 0. The van der Waals surface area contributed by atoms with Crippen LogP contribution in [0, 0.1) is 0 Å². The summed E-state index contributed by atoms with van der Waals surface area (Å²) < 4.78 is 5.88. The van der Waals surface area contributed by atoms with Crippen LogP contribution in [0.1, 0.15) is 10.4 Å². The fraction of sp³-hybridized carbons (Fsp3) is 0.429. The number of hydrogen-bond donors (Lipinski definition) is 1. The fourth-order valence-corrected chi connectivity index (χ4v) is 2.67. The van der Waals surface area contributed by atoms with Gasteiger partial charge in [-0.3, -0.25) is 9.59 Å². The Hall–Kier alpha value is -1.31. The molecule has 122 valence electrons. The van der Waals surface area contributed by atoms with Gasteiger partial charge < -0.3 is 20.3 Å². The van der Waals surface area contributed by atoms with Crippen molar-refractivity contribution in [1.82, 2.24) is 9.80 Å². The first-order valence-corrected chi connectivity index (χ1v) is 7.46. The third kappa shape index (κ3) is 4.12. The van der Waals surface area contributed by atoms with Gasteiger partial charge in [0, 0.05) is 30.7 Å². The third-order valence-corrected chi connectivity index (χ3v) is 4.19. The molecule has 1 aliphatic rings. The first-order chi connectivity index (χ1) is 10.1. The van der Waals surface area contributed by atoms with Crippen LogP contribution in [-0.2, 0) is 4.79 Å². The summed E-state index contributed by atoms with van der Waals surface area (Å²) in [6.07, 6.45) is 0. The van der Waals surface area contributed by atoms with Crippen LogP contribution in [0.2, 0.25) is 0 Å². The molecule has 2 rings (SSSR count). The van der Waals surface area contributed by atoms with Gasteiger partial charge in [-0.25, -0.2) is 0 Å². The minimum absolute atomic E-state index is 0. The number of carbonyl (C=O) groups excluding carboxylic acids is 2. The Morgan fingerprint density at radius 1 is 1.23 bits per heavy atom. The molecule has 0 atom stereocenters. The molecule has 6 nitrogen and oxygen atoms in total. The molecule has 0 spiro atoms. The summed E-state index contributed by atoms with van der Waals surface area (Å²) in [7, 11) is 1.56. The van der Waals surface area contributed by atoms with Crippen molar-refractivity contribution < 1.29 is 14.3 Å². The lowest BCUT2D eigenvalue weighted by Crippen LogP contribution is -2.51. The maximum atomic E-state index is 12.5. The number of nitrogens with zero attached hydrogens (tertiary/aromatic N) is 2. The number of benzene rings is 1. The van der Waals surface area contributed by atoms with Crippen molar-refractivity contribution in [2.75, 3.05) is 39.8 Å². The lowest BCUT2D eigenvalue weighted by Gasteiger charge is -2.34. The van der Waals surface area contributed by atoms with E-state index in [2.05, 4.69) is 15.9 Å². The van der Waals surface area contributed by atoms with Gasteiger partial charge in [0.25, 0.3) is 5.91 Å². The Bertz CT molecular complexity index is 548. The van der Waals surface area contributed by atoms with Crippen LogP contribution in [0.4, 0.5) is 0 Å². The topological polar surface area (TPSA) is 75.9 Å². The second kappa shape index (κ2) is 8.36. The molecule has 1 heterocycles. The predicted octanol–water partition coefficient (Wildman–Crippen LogP) is 1.12. The highest BCUT2D eigenvalue weighted by Crippen LogP contribution is 2.24. The van der Waals surface area contributed by atoms with Crippen LogP contribution in [0.15, 0.2) is 22.7 Å². The van der Waals surface area contributed by atoms with Gasteiger partial charge in [-0.2, -0.15) is 0 Å². The molecule has 0 saturated carbocycles. The van der Waals surface area contributed by atoms with E-state index in [0.29, 0.717) is 37.5 Å². The Morgan fingerprint density at radius 2 is 1.82 bits per heavy atom. The van der Waals surface area contributed by atoms with Gasteiger partial charge in [-0.15, -0.1) is 12.4 Å². The molecule has 0 radical (unpaired) electrons. The van der Waals surface area contributed by atoms with Crippen molar-refractivity contribution >= 4 is 40.2 Å². The fourth-order valence-electron chi connectivity index (χ4n) is 2.25. The highest BCUT2D eigenvalue weighted by atomic mass is 79.9. The number of ether oxygens (including phenoxy) is 1. The molecule has 1 aromatic rings. The van der Waals surface area contributed by atoms with E-state index in [0.717, 1.165) is 4.47 Å². The van der Waals surface area contributed by atoms with Crippen LogP contribution in [0.3, 0.4) is 0 Å². The van der Waals surface area contributed by atoms with E-state index < -0.39 is 0 Å².